The van der Waals surface area contributed by atoms with Gasteiger partial charge in [-0.2, -0.15) is 4.98 Å². The van der Waals surface area contributed by atoms with Gasteiger partial charge in [0.05, 0.1) is 25.6 Å². The van der Waals surface area contributed by atoms with Gasteiger partial charge in [0.25, 0.3) is 5.91 Å². The molecule has 1 N–H and O–H groups in total. The second kappa shape index (κ2) is 7.14. The Kier molecular flexibility index (Phi) is 4.76. The van der Waals surface area contributed by atoms with Crippen molar-refractivity contribution in [2.75, 3.05) is 14.2 Å². The fourth-order valence-electron chi connectivity index (χ4n) is 2.07. The first-order valence-corrected chi connectivity index (χ1v) is 7.96. The van der Waals surface area contributed by atoms with E-state index in [1.54, 1.807) is 38.5 Å². The predicted octanol–water partition coefficient (Wildman–Crippen LogP) is 2.75. The van der Waals surface area contributed by atoms with E-state index in [-0.39, 0.29) is 12.5 Å². The van der Waals surface area contributed by atoms with E-state index in [4.69, 9.17) is 14.0 Å². The summed E-state index contributed by atoms with van der Waals surface area (Å²) >= 11 is 1.37. The van der Waals surface area contributed by atoms with Gasteiger partial charge in [-0.25, -0.2) is 0 Å². The lowest BCUT2D eigenvalue weighted by molar-refractivity contribution is 0.0950. The Morgan fingerprint density at radius 2 is 2.08 bits per heavy atom. The molecule has 1 amide bonds. The van der Waals surface area contributed by atoms with Crippen LogP contribution in [0.2, 0.25) is 0 Å². The van der Waals surface area contributed by atoms with Crippen LogP contribution in [0.25, 0.3) is 11.4 Å². The minimum absolute atomic E-state index is 0.164. The van der Waals surface area contributed by atoms with Crippen molar-refractivity contribution in [3.63, 3.8) is 0 Å². The third-order valence-electron chi connectivity index (χ3n) is 3.25. The first-order chi connectivity index (χ1) is 11.7. The number of nitrogens with one attached hydrogen (secondary N) is 1. The SMILES string of the molecule is COc1ccc(-c2noc(CNC(=O)c3cccs3)n2)cc1OC. The summed E-state index contributed by atoms with van der Waals surface area (Å²) in [6.07, 6.45) is 0. The molecule has 0 saturated heterocycles. The molecule has 3 aromatic rings. The zero-order chi connectivity index (χ0) is 16.9. The van der Waals surface area contributed by atoms with Crippen LogP contribution in [0, 0.1) is 0 Å². The average molecular weight is 345 g/mol. The lowest BCUT2D eigenvalue weighted by atomic mass is 10.2. The van der Waals surface area contributed by atoms with Gasteiger partial charge in [0.1, 0.15) is 0 Å². The minimum Gasteiger partial charge on any atom is -0.493 e. The van der Waals surface area contributed by atoms with Crippen molar-refractivity contribution in [1.82, 2.24) is 15.5 Å². The molecule has 3 rings (SSSR count). The van der Waals surface area contributed by atoms with Crippen LogP contribution in [0.1, 0.15) is 15.6 Å². The quantitative estimate of drug-likeness (QED) is 0.739. The molecule has 24 heavy (non-hydrogen) atoms. The monoisotopic (exact) mass is 345 g/mol. The van der Waals surface area contributed by atoms with E-state index >= 15 is 0 Å². The van der Waals surface area contributed by atoms with Gasteiger partial charge >= 0.3 is 0 Å². The Morgan fingerprint density at radius 3 is 2.79 bits per heavy atom. The third-order valence-corrected chi connectivity index (χ3v) is 4.12. The summed E-state index contributed by atoms with van der Waals surface area (Å²) in [5.74, 6) is 1.76. The van der Waals surface area contributed by atoms with E-state index < -0.39 is 0 Å². The van der Waals surface area contributed by atoms with Crippen LogP contribution in [0.15, 0.2) is 40.2 Å². The van der Waals surface area contributed by atoms with Gasteiger partial charge < -0.3 is 19.3 Å². The van der Waals surface area contributed by atoms with Crippen molar-refractivity contribution in [3.8, 4) is 22.9 Å². The van der Waals surface area contributed by atoms with Crippen molar-refractivity contribution >= 4 is 17.2 Å². The number of methoxy groups -OCH3 is 2. The lowest BCUT2D eigenvalue weighted by Crippen LogP contribution is -2.21. The Morgan fingerprint density at radius 1 is 1.25 bits per heavy atom. The van der Waals surface area contributed by atoms with Gasteiger partial charge in [0.2, 0.25) is 11.7 Å². The maximum Gasteiger partial charge on any atom is 0.261 e. The van der Waals surface area contributed by atoms with E-state index in [0.29, 0.717) is 28.1 Å². The number of amides is 1. The topological polar surface area (TPSA) is 86.5 Å². The van der Waals surface area contributed by atoms with Gasteiger partial charge in [-0.15, -0.1) is 11.3 Å². The molecule has 1 aromatic carbocycles. The molecule has 0 atom stereocenters. The number of hydrogen-bond acceptors (Lipinski definition) is 7. The molecule has 0 unspecified atom stereocenters. The molecule has 7 nitrogen and oxygen atoms in total. The molecule has 0 aliphatic heterocycles. The summed E-state index contributed by atoms with van der Waals surface area (Å²) in [5.41, 5.74) is 0.729. The normalized spacial score (nSPS) is 10.4. The van der Waals surface area contributed by atoms with E-state index in [2.05, 4.69) is 15.5 Å². The standard InChI is InChI=1S/C16H15N3O4S/c1-21-11-6-5-10(8-12(11)22-2)15-18-14(23-19-15)9-17-16(20)13-4-3-7-24-13/h3-8H,9H2,1-2H3,(H,17,20). The fourth-order valence-corrected chi connectivity index (χ4v) is 2.71. The van der Waals surface area contributed by atoms with Crippen molar-refractivity contribution in [1.29, 1.82) is 0 Å². The second-order valence-corrected chi connectivity index (χ2v) is 5.69. The molecule has 0 aliphatic carbocycles. The fraction of sp³-hybridized carbons (Fsp3) is 0.188. The number of ether oxygens (including phenoxy) is 2. The van der Waals surface area contributed by atoms with Crippen molar-refractivity contribution in [3.05, 3.63) is 46.5 Å². The molecular weight excluding hydrogens is 330 g/mol. The molecule has 0 fully saturated rings. The Hall–Kier alpha value is -2.87. The van der Waals surface area contributed by atoms with Crippen LogP contribution >= 0.6 is 11.3 Å². The smallest absolute Gasteiger partial charge is 0.261 e. The van der Waals surface area contributed by atoms with Gasteiger partial charge in [-0.1, -0.05) is 11.2 Å². The van der Waals surface area contributed by atoms with E-state index in [0.717, 1.165) is 5.56 Å². The number of carbonyl (C=O) groups excluding carboxylic acids is 1. The predicted molar refractivity (Wildman–Crippen MR) is 88.3 cm³/mol. The summed E-state index contributed by atoms with van der Waals surface area (Å²) in [6.45, 7) is 0.164. The number of hydrogen-bond donors (Lipinski definition) is 1. The van der Waals surface area contributed by atoms with Crippen LogP contribution in [0.5, 0.6) is 11.5 Å². The van der Waals surface area contributed by atoms with Crippen LogP contribution < -0.4 is 14.8 Å². The number of carbonyl (C=O) groups is 1. The number of aromatic nitrogens is 2. The van der Waals surface area contributed by atoms with Crippen LogP contribution in [-0.4, -0.2) is 30.3 Å². The molecule has 2 heterocycles. The highest BCUT2D eigenvalue weighted by molar-refractivity contribution is 7.12. The van der Waals surface area contributed by atoms with Gasteiger partial charge in [-0.3, -0.25) is 4.79 Å². The molecule has 0 radical (unpaired) electrons. The number of rotatable bonds is 6. The minimum atomic E-state index is -0.170. The zero-order valence-corrected chi connectivity index (χ0v) is 13.9. The Labute approximate surface area is 142 Å². The number of benzene rings is 1. The highest BCUT2D eigenvalue weighted by atomic mass is 32.1. The van der Waals surface area contributed by atoms with Crippen molar-refractivity contribution in [2.45, 2.75) is 6.54 Å². The Bertz CT molecular complexity index is 830. The highest BCUT2D eigenvalue weighted by Crippen LogP contribution is 2.31. The van der Waals surface area contributed by atoms with E-state index in [9.17, 15) is 4.79 Å². The van der Waals surface area contributed by atoms with Crippen molar-refractivity contribution in [2.24, 2.45) is 0 Å². The van der Waals surface area contributed by atoms with Gasteiger partial charge in [-0.05, 0) is 29.6 Å². The van der Waals surface area contributed by atoms with Crippen LogP contribution in [0.4, 0.5) is 0 Å². The largest absolute Gasteiger partial charge is 0.493 e. The van der Waals surface area contributed by atoms with Crippen LogP contribution in [-0.2, 0) is 6.54 Å². The first kappa shape index (κ1) is 16.0. The molecule has 124 valence electrons. The summed E-state index contributed by atoms with van der Waals surface area (Å²) in [5, 5.41) is 8.51. The summed E-state index contributed by atoms with van der Waals surface area (Å²) < 4.78 is 15.6. The number of thiophene rings is 1. The molecule has 8 heteroatoms. The van der Waals surface area contributed by atoms with E-state index in [1.807, 2.05) is 11.4 Å². The number of nitrogens with zero attached hydrogens (tertiary/aromatic N) is 2. The second-order valence-electron chi connectivity index (χ2n) is 4.74. The molecule has 2 aromatic heterocycles. The van der Waals surface area contributed by atoms with Gasteiger partial charge in [0.15, 0.2) is 11.5 Å². The molecule has 0 bridgehead atoms. The lowest BCUT2D eigenvalue weighted by Gasteiger charge is -2.07. The van der Waals surface area contributed by atoms with E-state index in [1.165, 1.54) is 11.3 Å². The molecule has 0 saturated carbocycles. The maximum atomic E-state index is 11.9. The summed E-state index contributed by atoms with van der Waals surface area (Å²) in [6, 6.07) is 8.91. The summed E-state index contributed by atoms with van der Waals surface area (Å²) in [7, 11) is 3.13. The van der Waals surface area contributed by atoms with Gasteiger partial charge in [0, 0.05) is 5.56 Å². The zero-order valence-electron chi connectivity index (χ0n) is 13.1. The first-order valence-electron chi connectivity index (χ1n) is 7.08. The summed E-state index contributed by atoms with van der Waals surface area (Å²) in [4.78, 5) is 16.8. The van der Waals surface area contributed by atoms with Crippen LogP contribution in [0.3, 0.4) is 0 Å². The Balaban J connectivity index is 1.70. The molecular formula is C16H15N3O4S. The molecule has 0 aliphatic rings. The third kappa shape index (κ3) is 3.38. The molecule has 0 spiro atoms. The average Bonchev–Trinajstić information content (AvgIpc) is 3.30. The maximum absolute atomic E-state index is 11.9. The van der Waals surface area contributed by atoms with Crippen molar-refractivity contribution < 1.29 is 18.8 Å². The highest BCUT2D eigenvalue weighted by Gasteiger charge is 2.13.